The second-order valence-electron chi connectivity index (χ2n) is 6.55. The highest BCUT2D eigenvalue weighted by atomic mass is 16.5. The highest BCUT2D eigenvalue weighted by Crippen LogP contribution is 2.44. The summed E-state index contributed by atoms with van der Waals surface area (Å²) in [6.45, 7) is 4.61. The van der Waals surface area contributed by atoms with Crippen LogP contribution in [-0.2, 0) is 0 Å². The zero-order chi connectivity index (χ0) is 14.8. The Labute approximate surface area is 121 Å². The standard InChI is InChI=1S/C17H26O3/c1-17(2)9-7-12(8-10-17)16(18)14-11-13(19-3)5-6-15(14)20-4/h5-6,11-12,16,18H,7-10H2,1-4H3. The lowest BCUT2D eigenvalue weighted by molar-refractivity contribution is 0.0549. The lowest BCUT2D eigenvalue weighted by Gasteiger charge is -2.36. The van der Waals surface area contributed by atoms with Crippen molar-refractivity contribution in [1.82, 2.24) is 0 Å². The molecule has 1 aliphatic rings. The largest absolute Gasteiger partial charge is 0.497 e. The summed E-state index contributed by atoms with van der Waals surface area (Å²) in [5, 5.41) is 10.7. The molecule has 1 aliphatic carbocycles. The third-order valence-corrected chi connectivity index (χ3v) is 4.59. The van der Waals surface area contributed by atoms with Crippen LogP contribution in [0.15, 0.2) is 18.2 Å². The van der Waals surface area contributed by atoms with Gasteiger partial charge < -0.3 is 14.6 Å². The van der Waals surface area contributed by atoms with Crippen molar-refractivity contribution >= 4 is 0 Å². The summed E-state index contributed by atoms with van der Waals surface area (Å²) in [5.74, 6) is 1.81. The van der Waals surface area contributed by atoms with E-state index in [0.717, 1.165) is 29.9 Å². The summed E-state index contributed by atoms with van der Waals surface area (Å²) in [4.78, 5) is 0. The van der Waals surface area contributed by atoms with Gasteiger partial charge in [-0.15, -0.1) is 0 Å². The van der Waals surface area contributed by atoms with Crippen LogP contribution in [0.5, 0.6) is 11.5 Å². The Bertz CT molecular complexity index is 444. The molecule has 20 heavy (non-hydrogen) atoms. The number of ether oxygens (including phenoxy) is 2. The zero-order valence-corrected chi connectivity index (χ0v) is 13.0. The molecule has 0 radical (unpaired) electrons. The first-order valence-electron chi connectivity index (χ1n) is 7.37. The van der Waals surface area contributed by atoms with Gasteiger partial charge in [0.05, 0.1) is 20.3 Å². The Morgan fingerprint density at radius 1 is 1.15 bits per heavy atom. The third kappa shape index (κ3) is 3.26. The molecule has 0 amide bonds. The van der Waals surface area contributed by atoms with Crippen molar-refractivity contribution < 1.29 is 14.6 Å². The summed E-state index contributed by atoms with van der Waals surface area (Å²) in [6.07, 6.45) is 3.99. The number of aliphatic hydroxyl groups is 1. The van der Waals surface area contributed by atoms with Crippen molar-refractivity contribution in [3.63, 3.8) is 0 Å². The summed E-state index contributed by atoms with van der Waals surface area (Å²) >= 11 is 0. The second-order valence-corrected chi connectivity index (χ2v) is 6.55. The molecule has 0 spiro atoms. The molecule has 0 bridgehead atoms. The Hall–Kier alpha value is -1.22. The predicted octanol–water partition coefficient (Wildman–Crippen LogP) is 3.95. The Kier molecular flexibility index (Phi) is 4.59. The zero-order valence-electron chi connectivity index (χ0n) is 13.0. The molecule has 112 valence electrons. The number of hydrogen-bond donors (Lipinski definition) is 1. The van der Waals surface area contributed by atoms with E-state index in [9.17, 15) is 5.11 Å². The van der Waals surface area contributed by atoms with Crippen LogP contribution < -0.4 is 9.47 Å². The average molecular weight is 278 g/mol. The van der Waals surface area contributed by atoms with Gasteiger partial charge in [-0.1, -0.05) is 13.8 Å². The molecule has 3 nitrogen and oxygen atoms in total. The van der Waals surface area contributed by atoms with E-state index in [0.29, 0.717) is 11.3 Å². The van der Waals surface area contributed by atoms with Crippen LogP contribution in [0.25, 0.3) is 0 Å². The minimum atomic E-state index is -0.476. The average Bonchev–Trinajstić information content (AvgIpc) is 2.45. The van der Waals surface area contributed by atoms with Crippen LogP contribution in [0.1, 0.15) is 51.2 Å². The number of aliphatic hydroxyl groups excluding tert-OH is 1. The molecular weight excluding hydrogens is 252 g/mol. The number of hydrogen-bond acceptors (Lipinski definition) is 3. The van der Waals surface area contributed by atoms with Crippen molar-refractivity contribution in [3.8, 4) is 11.5 Å². The first-order valence-corrected chi connectivity index (χ1v) is 7.37. The van der Waals surface area contributed by atoms with Crippen LogP contribution in [0, 0.1) is 11.3 Å². The topological polar surface area (TPSA) is 38.7 Å². The fourth-order valence-corrected chi connectivity index (χ4v) is 3.06. The number of benzene rings is 1. The highest BCUT2D eigenvalue weighted by molar-refractivity contribution is 5.42. The van der Waals surface area contributed by atoms with Crippen molar-refractivity contribution in [1.29, 1.82) is 0 Å². The van der Waals surface area contributed by atoms with Gasteiger partial charge in [-0.05, 0) is 55.2 Å². The minimum Gasteiger partial charge on any atom is -0.497 e. The molecule has 1 aromatic rings. The summed E-state index contributed by atoms with van der Waals surface area (Å²) in [5.41, 5.74) is 1.26. The lowest BCUT2D eigenvalue weighted by atomic mass is 9.71. The fraction of sp³-hybridized carbons (Fsp3) is 0.647. The predicted molar refractivity (Wildman–Crippen MR) is 80.2 cm³/mol. The Morgan fingerprint density at radius 2 is 1.80 bits per heavy atom. The molecule has 0 aliphatic heterocycles. The van der Waals surface area contributed by atoms with Gasteiger partial charge in [0.25, 0.3) is 0 Å². The van der Waals surface area contributed by atoms with E-state index < -0.39 is 6.10 Å². The molecule has 3 heteroatoms. The van der Waals surface area contributed by atoms with Crippen molar-refractivity contribution in [2.75, 3.05) is 14.2 Å². The second kappa shape index (κ2) is 6.04. The summed E-state index contributed by atoms with van der Waals surface area (Å²) in [6, 6.07) is 5.62. The molecule has 1 atom stereocenters. The number of methoxy groups -OCH3 is 2. The molecule has 1 unspecified atom stereocenters. The smallest absolute Gasteiger partial charge is 0.124 e. The minimum absolute atomic E-state index is 0.309. The molecule has 1 saturated carbocycles. The molecular formula is C17H26O3. The molecule has 0 aromatic heterocycles. The van der Waals surface area contributed by atoms with Gasteiger partial charge in [-0.3, -0.25) is 0 Å². The monoisotopic (exact) mass is 278 g/mol. The molecule has 0 heterocycles. The van der Waals surface area contributed by atoms with Crippen LogP contribution in [-0.4, -0.2) is 19.3 Å². The van der Waals surface area contributed by atoms with Gasteiger partial charge in [0.2, 0.25) is 0 Å². The van der Waals surface area contributed by atoms with Crippen molar-refractivity contribution in [2.24, 2.45) is 11.3 Å². The third-order valence-electron chi connectivity index (χ3n) is 4.59. The van der Waals surface area contributed by atoms with E-state index in [2.05, 4.69) is 13.8 Å². The first-order chi connectivity index (χ1) is 9.46. The van der Waals surface area contributed by atoms with Crippen molar-refractivity contribution in [3.05, 3.63) is 23.8 Å². The van der Waals surface area contributed by atoms with Crippen LogP contribution in [0.2, 0.25) is 0 Å². The van der Waals surface area contributed by atoms with E-state index in [-0.39, 0.29) is 0 Å². The van der Waals surface area contributed by atoms with Gasteiger partial charge in [-0.2, -0.15) is 0 Å². The van der Waals surface area contributed by atoms with Gasteiger partial charge in [0.1, 0.15) is 11.5 Å². The van der Waals surface area contributed by atoms with Gasteiger partial charge in [0, 0.05) is 5.56 Å². The maximum absolute atomic E-state index is 10.7. The maximum Gasteiger partial charge on any atom is 0.124 e. The molecule has 1 aromatic carbocycles. The summed E-state index contributed by atoms with van der Waals surface area (Å²) < 4.78 is 10.6. The number of rotatable bonds is 4. The molecule has 2 rings (SSSR count). The van der Waals surface area contributed by atoms with E-state index in [1.54, 1.807) is 14.2 Å². The Balaban J connectivity index is 2.18. The van der Waals surface area contributed by atoms with E-state index >= 15 is 0 Å². The Morgan fingerprint density at radius 3 is 2.35 bits per heavy atom. The van der Waals surface area contributed by atoms with E-state index in [1.165, 1.54) is 12.8 Å². The lowest BCUT2D eigenvalue weighted by Crippen LogP contribution is -2.25. The SMILES string of the molecule is COc1ccc(OC)c(C(O)C2CCC(C)(C)CC2)c1. The molecule has 1 N–H and O–H groups in total. The van der Waals surface area contributed by atoms with E-state index in [4.69, 9.17) is 9.47 Å². The van der Waals surface area contributed by atoms with Crippen LogP contribution in [0.3, 0.4) is 0 Å². The van der Waals surface area contributed by atoms with Crippen molar-refractivity contribution in [2.45, 2.75) is 45.6 Å². The van der Waals surface area contributed by atoms with Gasteiger partial charge in [0.15, 0.2) is 0 Å². The normalized spacial score (nSPS) is 20.4. The van der Waals surface area contributed by atoms with Gasteiger partial charge >= 0.3 is 0 Å². The highest BCUT2D eigenvalue weighted by Gasteiger charge is 2.32. The quantitative estimate of drug-likeness (QED) is 0.906. The fourth-order valence-electron chi connectivity index (χ4n) is 3.06. The van der Waals surface area contributed by atoms with Crippen LogP contribution >= 0.6 is 0 Å². The molecule has 1 fully saturated rings. The first kappa shape index (κ1) is 15.2. The van der Waals surface area contributed by atoms with Gasteiger partial charge in [-0.25, -0.2) is 0 Å². The summed E-state index contributed by atoms with van der Waals surface area (Å²) in [7, 11) is 3.28. The van der Waals surface area contributed by atoms with E-state index in [1.807, 2.05) is 18.2 Å². The molecule has 0 saturated heterocycles. The maximum atomic E-state index is 10.7. The van der Waals surface area contributed by atoms with Crippen LogP contribution in [0.4, 0.5) is 0 Å².